The van der Waals surface area contributed by atoms with Gasteiger partial charge in [-0.15, -0.1) is 0 Å². The van der Waals surface area contributed by atoms with Crippen molar-refractivity contribution >= 4 is 28.5 Å². The molecule has 3 heterocycles. The first-order valence-corrected chi connectivity index (χ1v) is 10.3. The van der Waals surface area contributed by atoms with Crippen molar-refractivity contribution < 1.29 is 19.1 Å². The summed E-state index contributed by atoms with van der Waals surface area (Å²) in [6.07, 6.45) is 2.41. The molecule has 2 fully saturated rings. The Kier molecular flexibility index (Phi) is 5.46. The molecule has 0 spiro atoms. The second kappa shape index (κ2) is 8.06. The molecule has 4 rings (SSSR count). The van der Waals surface area contributed by atoms with Crippen molar-refractivity contribution in [1.29, 1.82) is 0 Å². The molecule has 2 saturated heterocycles. The van der Waals surface area contributed by atoms with Gasteiger partial charge in [0.05, 0.1) is 11.2 Å². The third kappa shape index (κ3) is 3.43. The van der Waals surface area contributed by atoms with Gasteiger partial charge in [0.25, 0.3) is 5.91 Å². The summed E-state index contributed by atoms with van der Waals surface area (Å²) in [4.78, 5) is 40.8. The number of hydrogen-bond acceptors (Lipinski definition) is 5. The van der Waals surface area contributed by atoms with Crippen LogP contribution in [0.3, 0.4) is 0 Å². The van der Waals surface area contributed by atoms with Gasteiger partial charge in [0, 0.05) is 50.9 Å². The average Bonchev–Trinajstić information content (AvgIpc) is 3.24. The van der Waals surface area contributed by atoms with Gasteiger partial charge >= 0.3 is 5.97 Å². The van der Waals surface area contributed by atoms with Gasteiger partial charge < -0.3 is 24.8 Å². The molecule has 2 aromatic rings. The number of benzene rings is 1. The van der Waals surface area contributed by atoms with Gasteiger partial charge in [-0.2, -0.15) is 0 Å². The number of anilines is 1. The first kappa shape index (κ1) is 20.3. The summed E-state index contributed by atoms with van der Waals surface area (Å²) in [5, 5.41) is 12.7. The van der Waals surface area contributed by atoms with Crippen LogP contribution in [-0.4, -0.2) is 65.2 Å². The number of aryl methyl sites for hydroxylation is 1. The zero-order chi connectivity index (χ0) is 21.4. The van der Waals surface area contributed by atoms with E-state index in [2.05, 4.69) is 5.32 Å². The summed E-state index contributed by atoms with van der Waals surface area (Å²) in [6, 6.07) is 1.94. The number of carboxylic acid groups (broad SMARTS) is 1. The Bertz CT molecular complexity index is 1060. The highest BCUT2D eigenvalue weighted by atomic mass is 19.1. The number of aromatic nitrogens is 1. The summed E-state index contributed by atoms with van der Waals surface area (Å²) < 4.78 is 16.7. The fourth-order valence-electron chi connectivity index (χ4n) is 4.38. The molecule has 0 unspecified atom stereocenters. The molecular formula is C21H25FN4O4. The Morgan fingerprint density at radius 3 is 2.63 bits per heavy atom. The van der Waals surface area contributed by atoms with Crippen LogP contribution < -0.4 is 15.6 Å². The van der Waals surface area contributed by atoms with Crippen molar-refractivity contribution in [3.63, 3.8) is 0 Å². The van der Waals surface area contributed by atoms with E-state index in [0.717, 1.165) is 13.1 Å². The Labute approximate surface area is 172 Å². The molecule has 9 heteroatoms. The summed E-state index contributed by atoms with van der Waals surface area (Å²) in [7, 11) is 0. The van der Waals surface area contributed by atoms with Crippen LogP contribution in [0, 0.1) is 5.82 Å². The number of halogens is 1. The average molecular weight is 416 g/mol. The number of fused-ring (bicyclic) bond motifs is 1. The summed E-state index contributed by atoms with van der Waals surface area (Å²) >= 11 is 0. The monoisotopic (exact) mass is 416 g/mol. The maximum Gasteiger partial charge on any atom is 0.326 e. The first-order chi connectivity index (χ1) is 14.4. The van der Waals surface area contributed by atoms with Crippen molar-refractivity contribution in [3.8, 4) is 0 Å². The van der Waals surface area contributed by atoms with Crippen molar-refractivity contribution in [2.75, 3.05) is 37.6 Å². The maximum atomic E-state index is 14.9. The molecule has 1 amide bonds. The van der Waals surface area contributed by atoms with Gasteiger partial charge in [-0.1, -0.05) is 0 Å². The van der Waals surface area contributed by atoms with Gasteiger partial charge in [-0.05, 0) is 31.9 Å². The highest BCUT2D eigenvalue weighted by Crippen LogP contribution is 2.26. The van der Waals surface area contributed by atoms with Crippen LogP contribution >= 0.6 is 0 Å². The van der Waals surface area contributed by atoms with Crippen LogP contribution in [0.4, 0.5) is 10.1 Å². The third-order valence-corrected chi connectivity index (χ3v) is 5.98. The van der Waals surface area contributed by atoms with Gasteiger partial charge in [-0.3, -0.25) is 9.59 Å². The lowest BCUT2D eigenvalue weighted by atomic mass is 10.1. The number of piperazine rings is 1. The highest BCUT2D eigenvalue weighted by Gasteiger charge is 2.35. The number of nitrogens with one attached hydrogen (secondary N) is 1. The molecule has 1 aromatic carbocycles. The van der Waals surface area contributed by atoms with E-state index in [9.17, 15) is 23.9 Å². The molecule has 0 radical (unpaired) electrons. The molecule has 30 heavy (non-hydrogen) atoms. The third-order valence-electron chi connectivity index (χ3n) is 5.98. The number of aliphatic carboxylic acids is 1. The number of nitrogens with zero attached hydrogens (tertiary/aromatic N) is 3. The largest absolute Gasteiger partial charge is 0.480 e. The van der Waals surface area contributed by atoms with Crippen molar-refractivity contribution in [2.24, 2.45) is 0 Å². The molecule has 0 bridgehead atoms. The van der Waals surface area contributed by atoms with Crippen LogP contribution in [-0.2, 0) is 11.3 Å². The van der Waals surface area contributed by atoms with Crippen LogP contribution in [0.25, 0.3) is 10.9 Å². The first-order valence-electron chi connectivity index (χ1n) is 10.3. The molecule has 0 aliphatic carbocycles. The van der Waals surface area contributed by atoms with E-state index >= 15 is 0 Å². The Morgan fingerprint density at radius 2 is 1.97 bits per heavy atom. The smallest absolute Gasteiger partial charge is 0.326 e. The van der Waals surface area contributed by atoms with Crippen LogP contribution in [0.5, 0.6) is 0 Å². The standard InChI is InChI=1S/C21H25FN4O4/c1-2-24-12-14(20(28)26-7-3-4-16(26)21(29)30)19(27)13-10-15(22)18(11-17(13)24)25-8-5-23-6-9-25/h10-12,16,23H,2-9H2,1H3,(H,29,30)/t16-/m1/s1. The Hall–Kier alpha value is -2.94. The molecule has 2 N–H and O–H groups in total. The molecule has 0 saturated carbocycles. The van der Waals surface area contributed by atoms with Crippen LogP contribution in [0.1, 0.15) is 30.1 Å². The van der Waals surface area contributed by atoms with Gasteiger partial charge in [0.2, 0.25) is 5.43 Å². The number of carbonyl (C=O) groups is 2. The topological polar surface area (TPSA) is 94.9 Å². The molecule has 8 nitrogen and oxygen atoms in total. The molecule has 2 aliphatic rings. The van der Waals surface area contributed by atoms with Crippen LogP contribution in [0.2, 0.25) is 0 Å². The minimum Gasteiger partial charge on any atom is -0.480 e. The van der Waals surface area contributed by atoms with E-state index in [1.165, 1.54) is 17.2 Å². The number of hydrogen-bond donors (Lipinski definition) is 2. The number of pyridine rings is 1. The van der Waals surface area contributed by atoms with Crippen molar-refractivity contribution in [3.05, 3.63) is 39.9 Å². The van der Waals surface area contributed by atoms with Crippen molar-refractivity contribution in [2.45, 2.75) is 32.4 Å². The van der Waals surface area contributed by atoms with E-state index in [1.54, 1.807) is 10.6 Å². The second-order valence-corrected chi connectivity index (χ2v) is 7.71. The van der Waals surface area contributed by atoms with E-state index < -0.39 is 29.2 Å². The highest BCUT2D eigenvalue weighted by molar-refractivity contribution is 5.99. The van der Waals surface area contributed by atoms with E-state index in [-0.39, 0.29) is 17.5 Å². The molecule has 1 aromatic heterocycles. The second-order valence-electron chi connectivity index (χ2n) is 7.71. The SMILES string of the molecule is CCn1cc(C(=O)N2CCC[C@@H]2C(=O)O)c(=O)c2cc(F)c(N3CCNCC3)cc21. The number of carboxylic acids is 1. The zero-order valence-electron chi connectivity index (χ0n) is 16.9. The number of likely N-dealkylation sites (tertiary alicyclic amines) is 1. The lowest BCUT2D eigenvalue weighted by Gasteiger charge is -2.30. The quantitative estimate of drug-likeness (QED) is 0.779. The molecular weight excluding hydrogens is 391 g/mol. The van der Waals surface area contributed by atoms with E-state index in [1.807, 2.05) is 11.8 Å². The van der Waals surface area contributed by atoms with Crippen LogP contribution in [0.15, 0.2) is 23.1 Å². The summed E-state index contributed by atoms with van der Waals surface area (Å²) in [5.41, 5.74) is 0.314. The number of rotatable bonds is 4. The lowest BCUT2D eigenvalue weighted by molar-refractivity contribution is -0.141. The zero-order valence-corrected chi connectivity index (χ0v) is 16.9. The van der Waals surface area contributed by atoms with Crippen molar-refractivity contribution in [1.82, 2.24) is 14.8 Å². The number of amides is 1. The molecule has 1 atom stereocenters. The minimum atomic E-state index is -1.08. The summed E-state index contributed by atoms with van der Waals surface area (Å²) in [5.74, 6) is -2.19. The predicted octanol–water partition coefficient (Wildman–Crippen LogP) is 1.26. The van der Waals surface area contributed by atoms with E-state index in [0.29, 0.717) is 43.7 Å². The fraction of sp³-hybridized carbons (Fsp3) is 0.476. The van der Waals surface area contributed by atoms with E-state index in [4.69, 9.17) is 0 Å². The van der Waals surface area contributed by atoms with Gasteiger partial charge in [0.15, 0.2) is 0 Å². The van der Waals surface area contributed by atoms with Gasteiger partial charge in [0.1, 0.15) is 17.4 Å². The predicted molar refractivity (Wildman–Crippen MR) is 111 cm³/mol. The maximum absolute atomic E-state index is 14.9. The fourth-order valence-corrected chi connectivity index (χ4v) is 4.38. The molecule has 160 valence electrons. The normalized spacial score (nSPS) is 19.5. The van der Waals surface area contributed by atoms with Gasteiger partial charge in [-0.25, -0.2) is 9.18 Å². The number of carbonyl (C=O) groups excluding carboxylic acids is 1. The Morgan fingerprint density at radius 1 is 1.23 bits per heavy atom. The molecule has 2 aliphatic heterocycles. The minimum absolute atomic E-state index is 0.119. The lowest BCUT2D eigenvalue weighted by Crippen LogP contribution is -2.44. The Balaban J connectivity index is 1.81. The summed E-state index contributed by atoms with van der Waals surface area (Å²) in [6.45, 7) is 5.49.